The summed E-state index contributed by atoms with van der Waals surface area (Å²) in [5, 5.41) is 6.28. The summed E-state index contributed by atoms with van der Waals surface area (Å²) in [6, 6.07) is 0. The molecule has 0 amide bonds. The normalized spacial score (nSPS) is 11.2. The van der Waals surface area contributed by atoms with Crippen LogP contribution in [0.5, 0.6) is 0 Å². The maximum Gasteiger partial charge on any atom is 0.107 e. The first kappa shape index (κ1) is 13.6. The van der Waals surface area contributed by atoms with E-state index in [1.807, 2.05) is 7.05 Å². The zero-order valence-electron chi connectivity index (χ0n) is 10.3. The van der Waals surface area contributed by atoms with E-state index in [1.54, 1.807) is 11.3 Å². The Morgan fingerprint density at radius 3 is 3.00 bits per heavy atom. The molecule has 1 heterocycles. The number of rotatable bonds is 8. The molecule has 1 N–H and O–H groups in total. The van der Waals surface area contributed by atoms with Crippen molar-refractivity contribution in [2.75, 3.05) is 34.3 Å². The van der Waals surface area contributed by atoms with E-state index in [-0.39, 0.29) is 0 Å². The van der Waals surface area contributed by atoms with E-state index in [1.165, 1.54) is 0 Å². The molecular weight excluding hydrogens is 222 g/mol. The summed E-state index contributed by atoms with van der Waals surface area (Å²) in [4.78, 5) is 6.62. The predicted octanol–water partition coefficient (Wildman–Crippen LogP) is 1.33. The molecule has 1 aromatic rings. The smallest absolute Gasteiger partial charge is 0.107 e. The third-order valence-electron chi connectivity index (χ3n) is 2.07. The van der Waals surface area contributed by atoms with Crippen molar-refractivity contribution in [3.63, 3.8) is 0 Å². The number of aromatic nitrogens is 1. The largest absolute Gasteiger partial charge is 0.375 e. The van der Waals surface area contributed by atoms with Crippen LogP contribution in [0.3, 0.4) is 0 Å². The van der Waals surface area contributed by atoms with Gasteiger partial charge >= 0.3 is 0 Å². The minimum absolute atomic E-state index is 0.633. The highest BCUT2D eigenvalue weighted by Crippen LogP contribution is 2.10. The first-order valence-electron chi connectivity index (χ1n) is 5.52. The Morgan fingerprint density at radius 1 is 1.50 bits per heavy atom. The highest BCUT2D eigenvalue weighted by atomic mass is 32.1. The van der Waals surface area contributed by atoms with Crippen molar-refractivity contribution in [2.24, 2.45) is 0 Å². The average molecular weight is 243 g/mol. The molecule has 0 unspecified atom stereocenters. The van der Waals surface area contributed by atoms with Crippen molar-refractivity contribution in [3.05, 3.63) is 16.1 Å². The zero-order valence-corrected chi connectivity index (χ0v) is 11.1. The van der Waals surface area contributed by atoms with Crippen LogP contribution in [-0.4, -0.2) is 44.2 Å². The summed E-state index contributed by atoms with van der Waals surface area (Å²) in [7, 11) is 6.08. The molecule has 0 aliphatic rings. The third-order valence-corrected chi connectivity index (χ3v) is 2.97. The van der Waals surface area contributed by atoms with Gasteiger partial charge in [-0.25, -0.2) is 4.98 Å². The van der Waals surface area contributed by atoms with Crippen LogP contribution >= 0.6 is 11.3 Å². The summed E-state index contributed by atoms with van der Waals surface area (Å²) in [6.07, 6.45) is 1.07. The summed E-state index contributed by atoms with van der Waals surface area (Å²) in [6.45, 7) is 3.35. The number of nitrogens with zero attached hydrogens (tertiary/aromatic N) is 2. The molecule has 0 fully saturated rings. The Labute approximate surface area is 102 Å². The fraction of sp³-hybridized carbons (Fsp3) is 0.727. The Morgan fingerprint density at radius 2 is 2.31 bits per heavy atom. The third kappa shape index (κ3) is 5.55. The van der Waals surface area contributed by atoms with Gasteiger partial charge in [-0.1, -0.05) is 0 Å². The van der Waals surface area contributed by atoms with Crippen LogP contribution < -0.4 is 5.32 Å². The molecule has 0 saturated carbocycles. The van der Waals surface area contributed by atoms with Crippen LogP contribution in [0.4, 0.5) is 0 Å². The Bertz CT molecular complexity index is 289. The van der Waals surface area contributed by atoms with E-state index < -0.39 is 0 Å². The van der Waals surface area contributed by atoms with Gasteiger partial charge in [0.05, 0.1) is 12.3 Å². The van der Waals surface area contributed by atoms with Gasteiger partial charge in [0.15, 0.2) is 0 Å². The van der Waals surface area contributed by atoms with Gasteiger partial charge in [-0.3, -0.25) is 0 Å². The molecule has 0 atom stereocenters. The molecule has 1 aromatic heterocycles. The molecule has 0 bridgehead atoms. The lowest BCUT2D eigenvalue weighted by Gasteiger charge is -2.08. The highest BCUT2D eigenvalue weighted by Gasteiger charge is 2.01. The van der Waals surface area contributed by atoms with Crippen molar-refractivity contribution < 1.29 is 4.74 Å². The monoisotopic (exact) mass is 243 g/mol. The maximum absolute atomic E-state index is 5.56. The standard InChI is InChI=1S/C11H21N3OS/c1-12-7-11-13-10(9-16-11)8-15-6-4-5-14(2)3/h9,12H,4-8H2,1-3H3. The first-order valence-corrected chi connectivity index (χ1v) is 6.40. The van der Waals surface area contributed by atoms with Gasteiger partial charge in [0.25, 0.3) is 0 Å². The van der Waals surface area contributed by atoms with E-state index in [0.29, 0.717) is 6.61 Å². The lowest BCUT2D eigenvalue weighted by atomic mass is 10.4. The van der Waals surface area contributed by atoms with Gasteiger partial charge in [-0.2, -0.15) is 0 Å². The molecule has 0 radical (unpaired) electrons. The second kappa shape index (κ2) is 7.73. The SMILES string of the molecule is CNCc1nc(COCCCN(C)C)cs1. The van der Waals surface area contributed by atoms with Crippen molar-refractivity contribution in [3.8, 4) is 0 Å². The van der Waals surface area contributed by atoms with E-state index in [2.05, 4.69) is 34.7 Å². The van der Waals surface area contributed by atoms with Crippen molar-refractivity contribution in [1.29, 1.82) is 0 Å². The predicted molar refractivity (Wildman–Crippen MR) is 67.7 cm³/mol. The van der Waals surface area contributed by atoms with E-state index in [9.17, 15) is 0 Å². The number of hydrogen-bond acceptors (Lipinski definition) is 5. The summed E-state index contributed by atoms with van der Waals surface area (Å²) < 4.78 is 5.56. The quantitative estimate of drug-likeness (QED) is 0.699. The van der Waals surface area contributed by atoms with Crippen LogP contribution in [-0.2, 0) is 17.9 Å². The number of hydrogen-bond donors (Lipinski definition) is 1. The van der Waals surface area contributed by atoms with Gasteiger partial charge in [0.1, 0.15) is 5.01 Å². The lowest BCUT2D eigenvalue weighted by Crippen LogP contribution is -2.14. The molecule has 16 heavy (non-hydrogen) atoms. The lowest BCUT2D eigenvalue weighted by molar-refractivity contribution is 0.111. The average Bonchev–Trinajstić information content (AvgIpc) is 2.65. The highest BCUT2D eigenvalue weighted by molar-refractivity contribution is 7.09. The number of ether oxygens (including phenoxy) is 1. The molecule has 1 rings (SSSR count). The van der Waals surface area contributed by atoms with Crippen LogP contribution in [0.1, 0.15) is 17.1 Å². The van der Waals surface area contributed by atoms with E-state index in [0.717, 1.165) is 36.8 Å². The number of thiazole rings is 1. The zero-order chi connectivity index (χ0) is 11.8. The van der Waals surface area contributed by atoms with Crippen LogP contribution in [0.15, 0.2) is 5.38 Å². The van der Waals surface area contributed by atoms with Gasteiger partial charge in [-0.05, 0) is 34.1 Å². The summed E-state index contributed by atoms with van der Waals surface area (Å²) in [5.74, 6) is 0. The maximum atomic E-state index is 5.56. The van der Waals surface area contributed by atoms with Crippen molar-refractivity contribution in [1.82, 2.24) is 15.2 Å². The van der Waals surface area contributed by atoms with Gasteiger partial charge in [0, 0.05) is 18.5 Å². The second-order valence-electron chi connectivity index (χ2n) is 3.97. The van der Waals surface area contributed by atoms with E-state index in [4.69, 9.17) is 4.74 Å². The van der Waals surface area contributed by atoms with Crippen LogP contribution in [0.25, 0.3) is 0 Å². The molecule has 0 saturated heterocycles. The topological polar surface area (TPSA) is 37.4 Å². The second-order valence-corrected chi connectivity index (χ2v) is 4.91. The Balaban J connectivity index is 2.12. The molecule has 0 aliphatic carbocycles. The fourth-order valence-corrected chi connectivity index (χ4v) is 2.10. The van der Waals surface area contributed by atoms with E-state index >= 15 is 0 Å². The van der Waals surface area contributed by atoms with Crippen LogP contribution in [0, 0.1) is 0 Å². The number of nitrogens with one attached hydrogen (secondary N) is 1. The molecular formula is C11H21N3OS. The molecule has 4 nitrogen and oxygen atoms in total. The van der Waals surface area contributed by atoms with Gasteiger partial charge < -0.3 is 15.0 Å². The van der Waals surface area contributed by atoms with Crippen molar-refractivity contribution >= 4 is 11.3 Å². The summed E-state index contributed by atoms with van der Waals surface area (Å²) in [5.41, 5.74) is 1.04. The molecule has 0 aliphatic heterocycles. The fourth-order valence-electron chi connectivity index (χ4n) is 1.31. The Hall–Kier alpha value is -0.490. The molecule has 92 valence electrons. The minimum atomic E-state index is 0.633. The van der Waals surface area contributed by atoms with Gasteiger partial charge in [-0.15, -0.1) is 11.3 Å². The van der Waals surface area contributed by atoms with Crippen molar-refractivity contribution in [2.45, 2.75) is 19.6 Å². The van der Waals surface area contributed by atoms with Gasteiger partial charge in [0.2, 0.25) is 0 Å². The summed E-state index contributed by atoms with van der Waals surface area (Å²) >= 11 is 1.68. The molecule has 0 aromatic carbocycles. The molecule has 0 spiro atoms. The molecule has 5 heteroatoms. The Kier molecular flexibility index (Phi) is 6.56. The first-order chi connectivity index (χ1) is 7.72. The van der Waals surface area contributed by atoms with Crippen LogP contribution in [0.2, 0.25) is 0 Å². The minimum Gasteiger partial charge on any atom is -0.375 e.